The Kier molecular flexibility index (Phi) is 3.62. The van der Waals surface area contributed by atoms with Crippen molar-refractivity contribution < 1.29 is 7.86 Å². The van der Waals surface area contributed by atoms with Crippen molar-refractivity contribution in [3.8, 4) is 0 Å². The second-order valence-electron chi connectivity index (χ2n) is 3.35. The molecule has 0 saturated heterocycles. The molecule has 0 amide bonds. The Labute approximate surface area is 81.4 Å². The van der Waals surface area contributed by atoms with Crippen LogP contribution in [0.15, 0.2) is 0 Å². The van der Waals surface area contributed by atoms with Gasteiger partial charge in [0.15, 0.2) is 23.0 Å². The van der Waals surface area contributed by atoms with Crippen LogP contribution in [0.25, 0.3) is 0 Å². The van der Waals surface area contributed by atoms with Crippen molar-refractivity contribution in [2.75, 3.05) is 0 Å². The smallest absolute Gasteiger partial charge is 0.318 e. The van der Waals surface area contributed by atoms with E-state index < -0.39 is 0 Å². The summed E-state index contributed by atoms with van der Waals surface area (Å²) in [4.78, 5) is 11.0. The first-order chi connectivity index (χ1) is 5.24. The third-order valence-electron chi connectivity index (χ3n) is 2.43. The Hall–Kier alpha value is 0.200. The van der Waals surface area contributed by atoms with Crippen LogP contribution < -0.4 is 0 Å². The van der Waals surface area contributed by atoms with Crippen LogP contribution >= 0.6 is 23.0 Å². The van der Waals surface area contributed by atoms with Crippen LogP contribution in [-0.4, -0.2) is 5.97 Å². The van der Waals surface area contributed by atoms with E-state index in [0.29, 0.717) is 0 Å². The van der Waals surface area contributed by atoms with E-state index in [1.807, 2.05) is 0 Å². The van der Waals surface area contributed by atoms with E-state index >= 15 is 0 Å². The number of rotatable bonds is 1. The van der Waals surface area contributed by atoms with Crippen LogP contribution in [0.4, 0.5) is 0 Å². The molecule has 11 heavy (non-hydrogen) atoms. The Bertz CT molecular complexity index is 139. The highest BCUT2D eigenvalue weighted by atomic mass is 127. The van der Waals surface area contributed by atoms with Gasteiger partial charge in [0, 0.05) is 0 Å². The molecule has 1 aliphatic carbocycles. The van der Waals surface area contributed by atoms with Crippen molar-refractivity contribution in [2.24, 2.45) is 11.8 Å². The summed E-state index contributed by atoms with van der Waals surface area (Å²) in [5, 5.41) is 0. The Morgan fingerprint density at radius 2 is 1.91 bits per heavy atom. The molecule has 0 bridgehead atoms. The van der Waals surface area contributed by atoms with Gasteiger partial charge < -0.3 is 3.07 Å². The molecular formula is C8H13IO2. The van der Waals surface area contributed by atoms with E-state index in [0.717, 1.165) is 18.8 Å². The maximum atomic E-state index is 11.0. The van der Waals surface area contributed by atoms with Gasteiger partial charge in [-0.25, -0.2) is 0 Å². The molecule has 0 unspecified atom stereocenters. The number of carbonyl (C=O) groups excluding carboxylic acids is 1. The fourth-order valence-electron chi connectivity index (χ4n) is 1.56. The summed E-state index contributed by atoms with van der Waals surface area (Å²) < 4.78 is 4.66. The Balaban J connectivity index is 2.33. The largest absolute Gasteiger partial charge is 0.394 e. The predicted octanol–water partition coefficient (Wildman–Crippen LogP) is 2.71. The normalized spacial score (nSPS) is 31.5. The molecule has 0 radical (unpaired) electrons. The minimum absolute atomic E-state index is 0.0301. The van der Waals surface area contributed by atoms with Gasteiger partial charge in [-0.05, 0) is 31.6 Å². The molecule has 0 spiro atoms. The number of hydrogen-bond donors (Lipinski definition) is 0. The molecule has 0 aliphatic heterocycles. The third-order valence-corrected chi connectivity index (χ3v) is 2.86. The summed E-state index contributed by atoms with van der Waals surface area (Å²) in [6, 6.07) is 0. The Morgan fingerprint density at radius 1 is 1.36 bits per heavy atom. The SMILES string of the molecule is CC1CCC(C(=O)OI)CC1. The first-order valence-corrected chi connectivity index (χ1v) is 4.94. The second kappa shape index (κ2) is 4.28. The summed E-state index contributed by atoms with van der Waals surface area (Å²) >= 11 is 1.67. The summed E-state index contributed by atoms with van der Waals surface area (Å²) in [7, 11) is 0. The van der Waals surface area contributed by atoms with E-state index in [1.165, 1.54) is 12.8 Å². The predicted molar refractivity (Wildman–Crippen MR) is 51.2 cm³/mol. The van der Waals surface area contributed by atoms with Gasteiger partial charge in [0.05, 0.1) is 5.92 Å². The van der Waals surface area contributed by atoms with E-state index in [2.05, 4.69) is 9.99 Å². The van der Waals surface area contributed by atoms with E-state index in [-0.39, 0.29) is 11.9 Å². The second-order valence-corrected chi connectivity index (χ2v) is 3.79. The molecule has 0 aromatic heterocycles. The van der Waals surface area contributed by atoms with Crippen molar-refractivity contribution in [3.05, 3.63) is 0 Å². The molecule has 0 aromatic carbocycles. The lowest BCUT2D eigenvalue weighted by Gasteiger charge is -2.23. The zero-order valence-electron chi connectivity index (χ0n) is 6.68. The van der Waals surface area contributed by atoms with Gasteiger partial charge in [0.2, 0.25) is 0 Å². The zero-order chi connectivity index (χ0) is 8.27. The van der Waals surface area contributed by atoms with Gasteiger partial charge in [-0.3, -0.25) is 4.79 Å². The van der Waals surface area contributed by atoms with E-state index in [9.17, 15) is 4.79 Å². The molecule has 3 heteroatoms. The van der Waals surface area contributed by atoms with Gasteiger partial charge in [-0.2, -0.15) is 0 Å². The molecule has 1 aliphatic rings. The summed E-state index contributed by atoms with van der Waals surface area (Å²) in [6.07, 6.45) is 4.39. The van der Waals surface area contributed by atoms with Crippen LogP contribution in [0.2, 0.25) is 0 Å². The third kappa shape index (κ3) is 2.61. The maximum absolute atomic E-state index is 11.0. The fourth-order valence-corrected chi connectivity index (χ4v) is 1.92. The van der Waals surface area contributed by atoms with Crippen LogP contribution in [0.1, 0.15) is 32.6 Å². The lowest BCUT2D eigenvalue weighted by molar-refractivity contribution is -0.137. The quantitative estimate of drug-likeness (QED) is 0.683. The molecule has 0 atom stereocenters. The van der Waals surface area contributed by atoms with Crippen LogP contribution in [0.5, 0.6) is 0 Å². The summed E-state index contributed by atoms with van der Waals surface area (Å²) in [6.45, 7) is 2.24. The van der Waals surface area contributed by atoms with Gasteiger partial charge >= 0.3 is 5.97 Å². The minimum Gasteiger partial charge on any atom is -0.394 e. The molecule has 1 rings (SSSR count). The Morgan fingerprint density at radius 3 is 2.36 bits per heavy atom. The van der Waals surface area contributed by atoms with Crippen LogP contribution in [-0.2, 0) is 7.86 Å². The van der Waals surface area contributed by atoms with E-state index in [1.54, 1.807) is 23.0 Å². The lowest BCUT2D eigenvalue weighted by atomic mass is 9.83. The fraction of sp³-hybridized carbons (Fsp3) is 0.875. The average molecular weight is 268 g/mol. The van der Waals surface area contributed by atoms with Gasteiger partial charge in [0.25, 0.3) is 0 Å². The topological polar surface area (TPSA) is 26.3 Å². The van der Waals surface area contributed by atoms with Crippen molar-refractivity contribution in [2.45, 2.75) is 32.6 Å². The zero-order valence-corrected chi connectivity index (χ0v) is 8.84. The molecule has 1 fully saturated rings. The minimum atomic E-state index is -0.0301. The van der Waals surface area contributed by atoms with Crippen LogP contribution in [0, 0.1) is 11.8 Å². The van der Waals surface area contributed by atoms with E-state index in [4.69, 9.17) is 0 Å². The number of carbonyl (C=O) groups is 1. The maximum Gasteiger partial charge on any atom is 0.318 e. The molecule has 2 nitrogen and oxygen atoms in total. The van der Waals surface area contributed by atoms with Crippen molar-refractivity contribution in [3.63, 3.8) is 0 Å². The van der Waals surface area contributed by atoms with Crippen molar-refractivity contribution >= 4 is 29.0 Å². The summed E-state index contributed by atoms with van der Waals surface area (Å²) in [5.74, 6) is 0.953. The monoisotopic (exact) mass is 268 g/mol. The van der Waals surface area contributed by atoms with Crippen molar-refractivity contribution in [1.82, 2.24) is 0 Å². The summed E-state index contributed by atoms with van der Waals surface area (Å²) in [5.41, 5.74) is 0. The standard InChI is InChI=1S/C8H13IO2/c1-6-2-4-7(5-3-6)8(10)11-9/h6-7H,2-5H2,1H3. The molecular weight excluding hydrogens is 255 g/mol. The first kappa shape index (κ1) is 9.29. The first-order valence-electron chi connectivity index (χ1n) is 4.06. The molecule has 1 saturated carbocycles. The van der Waals surface area contributed by atoms with Crippen molar-refractivity contribution in [1.29, 1.82) is 0 Å². The van der Waals surface area contributed by atoms with Gasteiger partial charge in [0.1, 0.15) is 0 Å². The van der Waals surface area contributed by atoms with Gasteiger partial charge in [-0.1, -0.05) is 6.92 Å². The van der Waals surface area contributed by atoms with Crippen LogP contribution in [0.3, 0.4) is 0 Å². The highest BCUT2D eigenvalue weighted by Crippen LogP contribution is 2.29. The molecule has 64 valence electrons. The number of halogens is 1. The highest BCUT2D eigenvalue weighted by molar-refractivity contribution is 14.1. The van der Waals surface area contributed by atoms with Gasteiger partial charge in [-0.15, -0.1) is 0 Å². The average Bonchev–Trinajstić information content (AvgIpc) is 2.05. The lowest BCUT2D eigenvalue weighted by Crippen LogP contribution is -2.20. The highest BCUT2D eigenvalue weighted by Gasteiger charge is 2.24. The number of hydrogen-bond acceptors (Lipinski definition) is 2. The molecule has 0 heterocycles. The molecule has 0 aromatic rings. The molecule has 0 N–H and O–H groups in total.